The molecule has 0 aromatic carbocycles. The van der Waals surface area contributed by atoms with Gasteiger partial charge in [0.2, 0.25) is 0 Å². The van der Waals surface area contributed by atoms with Crippen LogP contribution < -0.4 is 10.2 Å². The summed E-state index contributed by atoms with van der Waals surface area (Å²) in [6, 6.07) is 5.65. The Morgan fingerprint density at radius 1 is 1.21 bits per heavy atom. The summed E-state index contributed by atoms with van der Waals surface area (Å²) < 4.78 is 0. The largest absolute Gasteiger partial charge is 0.353 e. The fraction of sp³-hybridized carbons (Fsp3) is 0.588. The molecular weight excluding hydrogens is 304 g/mol. The van der Waals surface area contributed by atoms with Crippen LogP contribution in [0.5, 0.6) is 0 Å². The van der Waals surface area contributed by atoms with Gasteiger partial charge in [0.05, 0.1) is 11.6 Å². The first-order chi connectivity index (χ1) is 11.8. The first-order valence-electron chi connectivity index (χ1n) is 8.62. The van der Waals surface area contributed by atoms with Crippen LogP contribution in [0.2, 0.25) is 0 Å². The van der Waals surface area contributed by atoms with E-state index < -0.39 is 0 Å². The lowest BCUT2D eigenvalue weighted by molar-refractivity contribution is 0.192. The van der Waals surface area contributed by atoms with Crippen molar-refractivity contribution in [1.82, 2.24) is 20.1 Å². The number of amides is 2. The van der Waals surface area contributed by atoms with Crippen molar-refractivity contribution in [3.63, 3.8) is 0 Å². The number of hydrogen-bond donors (Lipinski definition) is 1. The number of anilines is 1. The van der Waals surface area contributed by atoms with Gasteiger partial charge < -0.3 is 20.0 Å². The second kappa shape index (κ2) is 7.97. The van der Waals surface area contributed by atoms with E-state index >= 15 is 0 Å². The number of pyridine rings is 1. The van der Waals surface area contributed by atoms with Crippen LogP contribution in [0.25, 0.3) is 0 Å². The van der Waals surface area contributed by atoms with E-state index in [2.05, 4.69) is 26.2 Å². The highest BCUT2D eigenvalue weighted by molar-refractivity contribution is 5.74. The van der Waals surface area contributed by atoms with Gasteiger partial charge in [-0.05, 0) is 38.1 Å². The van der Waals surface area contributed by atoms with Crippen molar-refractivity contribution in [3.05, 3.63) is 23.9 Å². The summed E-state index contributed by atoms with van der Waals surface area (Å²) in [4.78, 5) is 22.9. The van der Waals surface area contributed by atoms with E-state index in [1.807, 2.05) is 4.90 Å². The zero-order chi connectivity index (χ0) is 16.8. The summed E-state index contributed by atoms with van der Waals surface area (Å²) in [5.41, 5.74) is 0.613. The van der Waals surface area contributed by atoms with Crippen LogP contribution >= 0.6 is 0 Å². The van der Waals surface area contributed by atoms with E-state index in [4.69, 9.17) is 5.26 Å². The van der Waals surface area contributed by atoms with Crippen molar-refractivity contribution in [2.45, 2.75) is 12.8 Å². The highest BCUT2D eigenvalue weighted by Gasteiger charge is 2.22. The summed E-state index contributed by atoms with van der Waals surface area (Å²) >= 11 is 0. The summed E-state index contributed by atoms with van der Waals surface area (Å²) in [7, 11) is 0. The molecule has 0 radical (unpaired) electrons. The molecule has 24 heavy (non-hydrogen) atoms. The normalized spacial score (nSPS) is 18.5. The van der Waals surface area contributed by atoms with E-state index in [1.165, 1.54) is 12.8 Å². The fourth-order valence-electron chi connectivity index (χ4n) is 3.24. The predicted octanol–water partition coefficient (Wildman–Crippen LogP) is 0.881. The summed E-state index contributed by atoms with van der Waals surface area (Å²) in [6.45, 7) is 6.79. The van der Waals surface area contributed by atoms with E-state index in [0.29, 0.717) is 25.2 Å². The summed E-state index contributed by atoms with van der Waals surface area (Å²) in [5.74, 6) is 0.808. The minimum atomic E-state index is 0.0209. The minimum absolute atomic E-state index is 0.0209. The lowest BCUT2D eigenvalue weighted by atomic mass is 10.2. The van der Waals surface area contributed by atoms with E-state index in [0.717, 1.165) is 38.5 Å². The third-order valence-electron chi connectivity index (χ3n) is 4.67. The molecule has 7 nitrogen and oxygen atoms in total. The molecule has 0 spiro atoms. The lowest BCUT2D eigenvalue weighted by Gasteiger charge is -2.35. The SMILES string of the molecule is N#Cc1ccnc(N2CCN(C(=O)NCCN3CCCC3)CC2)c1. The van der Waals surface area contributed by atoms with Crippen LogP contribution in [0.1, 0.15) is 18.4 Å². The van der Waals surface area contributed by atoms with Gasteiger partial charge in [0.1, 0.15) is 5.82 Å². The predicted molar refractivity (Wildman–Crippen MR) is 91.8 cm³/mol. The van der Waals surface area contributed by atoms with Crippen LogP contribution in [-0.2, 0) is 0 Å². The Morgan fingerprint density at radius 2 is 1.96 bits per heavy atom. The van der Waals surface area contributed by atoms with Gasteiger partial charge in [-0.15, -0.1) is 0 Å². The second-order valence-corrected chi connectivity index (χ2v) is 6.27. The number of nitrogens with zero attached hydrogens (tertiary/aromatic N) is 5. The number of rotatable bonds is 4. The molecule has 0 atom stereocenters. The Morgan fingerprint density at radius 3 is 2.67 bits per heavy atom. The van der Waals surface area contributed by atoms with Crippen molar-refractivity contribution >= 4 is 11.8 Å². The molecule has 128 valence electrons. The Hall–Kier alpha value is -2.33. The maximum atomic E-state index is 12.2. The fourth-order valence-corrected chi connectivity index (χ4v) is 3.24. The Labute approximate surface area is 142 Å². The molecule has 0 unspecified atom stereocenters. The van der Waals surface area contributed by atoms with Gasteiger partial charge in [-0.25, -0.2) is 9.78 Å². The zero-order valence-corrected chi connectivity index (χ0v) is 13.9. The molecule has 1 aromatic rings. The van der Waals surface area contributed by atoms with Crippen molar-refractivity contribution in [2.75, 3.05) is 57.3 Å². The number of carbonyl (C=O) groups is 1. The third kappa shape index (κ3) is 4.15. The Bertz CT molecular complexity index is 599. The second-order valence-electron chi connectivity index (χ2n) is 6.27. The Kier molecular flexibility index (Phi) is 5.49. The Balaban J connectivity index is 1.42. The van der Waals surface area contributed by atoms with Crippen LogP contribution in [0.4, 0.5) is 10.6 Å². The molecule has 0 saturated carbocycles. The molecule has 2 fully saturated rings. The van der Waals surface area contributed by atoms with Crippen molar-refractivity contribution in [2.24, 2.45) is 0 Å². The molecule has 1 N–H and O–H groups in total. The molecule has 2 amide bonds. The number of hydrogen-bond acceptors (Lipinski definition) is 5. The quantitative estimate of drug-likeness (QED) is 0.888. The number of piperazine rings is 1. The van der Waals surface area contributed by atoms with E-state index in [1.54, 1.807) is 18.3 Å². The topological polar surface area (TPSA) is 75.5 Å². The number of carbonyl (C=O) groups excluding carboxylic acids is 1. The molecule has 2 aliphatic heterocycles. The molecule has 2 saturated heterocycles. The summed E-state index contributed by atoms with van der Waals surface area (Å²) in [6.07, 6.45) is 4.21. The molecule has 1 aromatic heterocycles. The average molecular weight is 328 g/mol. The number of likely N-dealkylation sites (tertiary alicyclic amines) is 1. The maximum absolute atomic E-state index is 12.2. The highest BCUT2D eigenvalue weighted by Crippen LogP contribution is 2.14. The van der Waals surface area contributed by atoms with Gasteiger partial charge >= 0.3 is 6.03 Å². The van der Waals surface area contributed by atoms with Crippen LogP contribution in [-0.4, -0.2) is 73.2 Å². The molecule has 7 heteroatoms. The smallest absolute Gasteiger partial charge is 0.317 e. The average Bonchev–Trinajstić information content (AvgIpc) is 3.15. The van der Waals surface area contributed by atoms with E-state index in [-0.39, 0.29) is 6.03 Å². The summed E-state index contributed by atoms with van der Waals surface area (Å²) in [5, 5.41) is 12.0. The zero-order valence-electron chi connectivity index (χ0n) is 13.9. The molecular formula is C17H24N6O. The number of aromatic nitrogens is 1. The van der Waals surface area contributed by atoms with Gasteiger partial charge in [0.15, 0.2) is 0 Å². The van der Waals surface area contributed by atoms with E-state index in [9.17, 15) is 4.79 Å². The van der Waals surface area contributed by atoms with Gasteiger partial charge in [-0.2, -0.15) is 5.26 Å². The highest BCUT2D eigenvalue weighted by atomic mass is 16.2. The monoisotopic (exact) mass is 328 g/mol. The van der Waals surface area contributed by atoms with Gasteiger partial charge in [-0.1, -0.05) is 0 Å². The molecule has 0 aliphatic carbocycles. The van der Waals surface area contributed by atoms with Gasteiger partial charge in [0.25, 0.3) is 0 Å². The standard InChI is InChI=1S/C17H24N6O/c18-14-15-3-4-19-16(13-15)22-9-11-23(12-10-22)17(24)20-5-8-21-6-1-2-7-21/h3-4,13H,1-2,5-12H2,(H,20,24). The van der Waals surface area contributed by atoms with Gasteiger partial charge in [0, 0.05) is 45.5 Å². The minimum Gasteiger partial charge on any atom is -0.353 e. The van der Waals surface area contributed by atoms with Crippen LogP contribution in [0.15, 0.2) is 18.3 Å². The molecule has 2 aliphatic rings. The van der Waals surface area contributed by atoms with Crippen LogP contribution in [0.3, 0.4) is 0 Å². The number of nitriles is 1. The van der Waals surface area contributed by atoms with Gasteiger partial charge in [-0.3, -0.25) is 0 Å². The number of nitrogens with one attached hydrogen (secondary N) is 1. The maximum Gasteiger partial charge on any atom is 0.317 e. The van der Waals surface area contributed by atoms with Crippen molar-refractivity contribution in [1.29, 1.82) is 5.26 Å². The third-order valence-corrected chi connectivity index (χ3v) is 4.67. The number of urea groups is 1. The first kappa shape index (κ1) is 16.5. The van der Waals surface area contributed by atoms with Crippen LogP contribution in [0, 0.1) is 11.3 Å². The lowest BCUT2D eigenvalue weighted by Crippen LogP contribution is -2.52. The van der Waals surface area contributed by atoms with Crippen molar-refractivity contribution in [3.8, 4) is 6.07 Å². The molecule has 3 rings (SSSR count). The van der Waals surface area contributed by atoms with Crippen molar-refractivity contribution < 1.29 is 4.79 Å². The molecule has 0 bridgehead atoms. The molecule has 3 heterocycles. The first-order valence-corrected chi connectivity index (χ1v) is 8.62.